The first-order valence-electron chi connectivity index (χ1n) is 11.3. The topological polar surface area (TPSA) is 61.9 Å². The Balaban J connectivity index is 1.28. The minimum absolute atomic E-state index is 0.0805. The molecule has 2 aromatic carbocycles. The third-order valence-electron chi connectivity index (χ3n) is 5.79. The van der Waals surface area contributed by atoms with Gasteiger partial charge < -0.3 is 19.9 Å². The standard InChI is InChI=1S/C26H28ClN3O3S/c1-18(2)19-5-8-21(9-6-19)33-17-25(31)28-20-7-10-23(22(27)16-20)29-11-13-30(14-12-29)26(32)24-4-3-15-34-24/h3-10,15-16,18H,11-14,17H2,1-2H3,(H,28,31). The summed E-state index contributed by atoms with van der Waals surface area (Å²) in [4.78, 5) is 29.7. The second-order valence-electron chi connectivity index (χ2n) is 8.48. The average Bonchev–Trinajstić information content (AvgIpc) is 3.38. The Morgan fingerprint density at radius 3 is 2.41 bits per heavy atom. The molecule has 1 aliphatic rings. The summed E-state index contributed by atoms with van der Waals surface area (Å²) in [6.45, 7) is 6.86. The first-order chi connectivity index (χ1) is 16.4. The van der Waals surface area contributed by atoms with E-state index < -0.39 is 0 Å². The highest BCUT2D eigenvalue weighted by Crippen LogP contribution is 2.30. The van der Waals surface area contributed by atoms with Crippen molar-refractivity contribution >= 4 is 46.1 Å². The molecule has 0 spiro atoms. The molecule has 1 aromatic heterocycles. The average molecular weight is 498 g/mol. The van der Waals surface area contributed by atoms with Gasteiger partial charge >= 0.3 is 0 Å². The number of rotatable bonds is 7. The molecular weight excluding hydrogens is 470 g/mol. The van der Waals surface area contributed by atoms with Crippen molar-refractivity contribution in [2.24, 2.45) is 0 Å². The molecule has 0 unspecified atom stereocenters. The molecule has 1 saturated heterocycles. The van der Waals surface area contributed by atoms with E-state index in [4.69, 9.17) is 16.3 Å². The number of hydrogen-bond donors (Lipinski definition) is 1. The molecule has 0 bridgehead atoms. The lowest BCUT2D eigenvalue weighted by atomic mass is 10.0. The number of nitrogens with zero attached hydrogens (tertiary/aromatic N) is 2. The van der Waals surface area contributed by atoms with E-state index in [0.29, 0.717) is 48.6 Å². The molecule has 1 aliphatic heterocycles. The molecule has 0 aliphatic carbocycles. The van der Waals surface area contributed by atoms with E-state index in [1.54, 1.807) is 6.07 Å². The van der Waals surface area contributed by atoms with Gasteiger partial charge in [-0.3, -0.25) is 9.59 Å². The first-order valence-corrected chi connectivity index (χ1v) is 12.6. The van der Waals surface area contributed by atoms with Crippen molar-refractivity contribution in [3.05, 3.63) is 75.4 Å². The largest absolute Gasteiger partial charge is 0.484 e. The number of carbonyl (C=O) groups is 2. The summed E-state index contributed by atoms with van der Waals surface area (Å²) < 4.78 is 5.60. The predicted molar refractivity (Wildman–Crippen MR) is 139 cm³/mol. The van der Waals surface area contributed by atoms with Crippen LogP contribution in [0.25, 0.3) is 0 Å². The lowest BCUT2D eigenvalue weighted by Gasteiger charge is -2.36. The van der Waals surface area contributed by atoms with Crippen molar-refractivity contribution in [1.82, 2.24) is 4.90 Å². The van der Waals surface area contributed by atoms with Gasteiger partial charge in [-0.05, 0) is 53.3 Å². The third kappa shape index (κ3) is 5.90. The van der Waals surface area contributed by atoms with Crippen molar-refractivity contribution < 1.29 is 14.3 Å². The molecule has 2 heterocycles. The van der Waals surface area contributed by atoms with Crippen LogP contribution in [0.5, 0.6) is 5.75 Å². The molecule has 1 N–H and O–H groups in total. The van der Waals surface area contributed by atoms with Gasteiger partial charge in [0.15, 0.2) is 6.61 Å². The SMILES string of the molecule is CC(C)c1ccc(OCC(=O)Nc2ccc(N3CCN(C(=O)c4cccs4)CC3)c(Cl)c2)cc1. The van der Waals surface area contributed by atoms with Gasteiger partial charge in [0.05, 0.1) is 15.6 Å². The van der Waals surface area contributed by atoms with E-state index in [0.717, 1.165) is 10.6 Å². The van der Waals surface area contributed by atoms with E-state index in [1.807, 2.05) is 58.8 Å². The van der Waals surface area contributed by atoms with Crippen LogP contribution in [0.1, 0.15) is 35.0 Å². The molecule has 8 heteroatoms. The van der Waals surface area contributed by atoms with Crippen LogP contribution < -0.4 is 15.0 Å². The van der Waals surface area contributed by atoms with Gasteiger partial charge in [0.25, 0.3) is 11.8 Å². The van der Waals surface area contributed by atoms with Crippen LogP contribution in [-0.4, -0.2) is 49.5 Å². The lowest BCUT2D eigenvalue weighted by molar-refractivity contribution is -0.118. The summed E-state index contributed by atoms with van der Waals surface area (Å²) in [6, 6.07) is 17.0. The number of anilines is 2. The molecule has 3 aromatic rings. The second-order valence-corrected chi connectivity index (χ2v) is 9.84. The second kappa shape index (κ2) is 10.9. The highest BCUT2D eigenvalue weighted by Gasteiger charge is 2.24. The number of piperazine rings is 1. The molecule has 178 valence electrons. The fraction of sp³-hybridized carbons (Fsp3) is 0.308. The molecule has 1 fully saturated rings. The fourth-order valence-electron chi connectivity index (χ4n) is 3.84. The Bertz CT molecular complexity index is 1120. The number of hydrogen-bond acceptors (Lipinski definition) is 5. The van der Waals surface area contributed by atoms with Crippen LogP contribution in [0.4, 0.5) is 11.4 Å². The molecule has 0 radical (unpaired) electrons. The van der Waals surface area contributed by atoms with Gasteiger partial charge in [-0.15, -0.1) is 11.3 Å². The van der Waals surface area contributed by atoms with E-state index in [-0.39, 0.29) is 18.4 Å². The van der Waals surface area contributed by atoms with Crippen molar-refractivity contribution in [3.63, 3.8) is 0 Å². The Morgan fingerprint density at radius 1 is 1.06 bits per heavy atom. The highest BCUT2D eigenvalue weighted by molar-refractivity contribution is 7.12. The Labute approximate surface area is 209 Å². The van der Waals surface area contributed by atoms with Crippen LogP contribution >= 0.6 is 22.9 Å². The first kappa shape index (κ1) is 24.1. The highest BCUT2D eigenvalue weighted by atomic mass is 35.5. The minimum atomic E-state index is -0.252. The summed E-state index contributed by atoms with van der Waals surface area (Å²) >= 11 is 8.00. The number of nitrogens with one attached hydrogen (secondary N) is 1. The maximum atomic E-state index is 12.5. The summed E-state index contributed by atoms with van der Waals surface area (Å²) in [6.07, 6.45) is 0. The number of halogens is 1. The zero-order valence-electron chi connectivity index (χ0n) is 19.3. The Kier molecular flexibility index (Phi) is 7.75. The molecule has 34 heavy (non-hydrogen) atoms. The number of ether oxygens (including phenoxy) is 1. The number of carbonyl (C=O) groups excluding carboxylic acids is 2. The van der Waals surface area contributed by atoms with Crippen LogP contribution in [0.2, 0.25) is 5.02 Å². The van der Waals surface area contributed by atoms with Crippen LogP contribution in [0.3, 0.4) is 0 Å². The zero-order chi connectivity index (χ0) is 24.1. The molecule has 0 saturated carbocycles. The minimum Gasteiger partial charge on any atom is -0.484 e. The molecular formula is C26H28ClN3O3S. The van der Waals surface area contributed by atoms with Gasteiger partial charge in [-0.25, -0.2) is 0 Å². The molecule has 0 atom stereocenters. The van der Waals surface area contributed by atoms with Crippen LogP contribution in [0, 0.1) is 0 Å². The summed E-state index contributed by atoms with van der Waals surface area (Å²) in [7, 11) is 0. The number of amides is 2. The summed E-state index contributed by atoms with van der Waals surface area (Å²) in [5, 5.41) is 5.30. The number of benzene rings is 2. The van der Waals surface area contributed by atoms with Gasteiger partial charge in [-0.2, -0.15) is 0 Å². The molecule has 6 nitrogen and oxygen atoms in total. The van der Waals surface area contributed by atoms with Gasteiger partial charge in [-0.1, -0.05) is 43.6 Å². The number of thiophene rings is 1. The van der Waals surface area contributed by atoms with Crippen molar-refractivity contribution in [3.8, 4) is 5.75 Å². The Hall–Kier alpha value is -3.03. The quantitative estimate of drug-likeness (QED) is 0.468. The van der Waals surface area contributed by atoms with Crippen LogP contribution in [0.15, 0.2) is 60.0 Å². The lowest BCUT2D eigenvalue weighted by Crippen LogP contribution is -2.48. The predicted octanol–water partition coefficient (Wildman–Crippen LogP) is 5.50. The third-order valence-corrected chi connectivity index (χ3v) is 6.95. The Morgan fingerprint density at radius 2 is 1.79 bits per heavy atom. The zero-order valence-corrected chi connectivity index (χ0v) is 20.9. The van der Waals surface area contributed by atoms with E-state index >= 15 is 0 Å². The van der Waals surface area contributed by atoms with E-state index in [2.05, 4.69) is 24.1 Å². The van der Waals surface area contributed by atoms with Gasteiger partial charge in [0.1, 0.15) is 5.75 Å². The van der Waals surface area contributed by atoms with Gasteiger partial charge in [0, 0.05) is 31.9 Å². The normalized spacial score (nSPS) is 13.8. The van der Waals surface area contributed by atoms with Crippen molar-refractivity contribution in [2.45, 2.75) is 19.8 Å². The molecule has 2 amide bonds. The smallest absolute Gasteiger partial charge is 0.264 e. The maximum Gasteiger partial charge on any atom is 0.264 e. The van der Waals surface area contributed by atoms with Crippen molar-refractivity contribution in [2.75, 3.05) is 43.0 Å². The van der Waals surface area contributed by atoms with Crippen LogP contribution in [-0.2, 0) is 4.79 Å². The maximum absolute atomic E-state index is 12.5. The summed E-state index contributed by atoms with van der Waals surface area (Å²) in [5.41, 5.74) is 2.73. The van der Waals surface area contributed by atoms with Crippen molar-refractivity contribution in [1.29, 1.82) is 0 Å². The summed E-state index contributed by atoms with van der Waals surface area (Å²) in [5.74, 6) is 0.932. The van der Waals surface area contributed by atoms with Gasteiger partial charge in [0.2, 0.25) is 0 Å². The van der Waals surface area contributed by atoms with E-state index in [9.17, 15) is 9.59 Å². The van der Waals surface area contributed by atoms with E-state index in [1.165, 1.54) is 16.9 Å². The fourth-order valence-corrected chi connectivity index (χ4v) is 4.83. The monoisotopic (exact) mass is 497 g/mol. The molecule has 4 rings (SSSR count).